The summed E-state index contributed by atoms with van der Waals surface area (Å²) in [6, 6.07) is 2.03. The van der Waals surface area contributed by atoms with Crippen LogP contribution in [-0.4, -0.2) is 20.9 Å². The average Bonchev–Trinajstić information content (AvgIpc) is 2.55. The first-order valence-electron chi connectivity index (χ1n) is 5.24. The highest BCUT2D eigenvalue weighted by Crippen LogP contribution is 2.73. The standard InChI is InChI=1S/C11H11N3O2/c12-1-8-2-13-14(3-8)7-10-4-11(5-10,6-10)9(15)16/h2-3H,4-7H2,(H,15,16). The Balaban J connectivity index is 1.67. The number of aromatic nitrogens is 2. The lowest BCUT2D eigenvalue weighted by Gasteiger charge is -2.68. The van der Waals surface area contributed by atoms with Gasteiger partial charge in [0, 0.05) is 12.7 Å². The third-order valence-corrected chi connectivity index (χ3v) is 3.85. The molecule has 0 atom stereocenters. The molecule has 3 fully saturated rings. The van der Waals surface area contributed by atoms with Crippen LogP contribution in [0.2, 0.25) is 0 Å². The predicted octanol–water partition coefficient (Wildman–Crippen LogP) is 1.01. The van der Waals surface area contributed by atoms with Crippen LogP contribution in [0.1, 0.15) is 24.8 Å². The van der Waals surface area contributed by atoms with E-state index in [4.69, 9.17) is 10.4 Å². The van der Waals surface area contributed by atoms with E-state index in [1.165, 1.54) is 0 Å². The van der Waals surface area contributed by atoms with E-state index in [1.807, 2.05) is 6.07 Å². The summed E-state index contributed by atoms with van der Waals surface area (Å²) in [5.41, 5.74) is 0.266. The van der Waals surface area contributed by atoms with Crippen molar-refractivity contribution in [3.63, 3.8) is 0 Å². The van der Waals surface area contributed by atoms with E-state index < -0.39 is 11.4 Å². The fourth-order valence-corrected chi connectivity index (χ4v) is 3.24. The van der Waals surface area contributed by atoms with Gasteiger partial charge in [-0.25, -0.2) is 0 Å². The summed E-state index contributed by atoms with van der Waals surface area (Å²) in [5, 5.41) is 21.7. The minimum atomic E-state index is -0.660. The molecular weight excluding hydrogens is 206 g/mol. The van der Waals surface area contributed by atoms with Crippen molar-refractivity contribution in [3.05, 3.63) is 18.0 Å². The molecule has 3 saturated carbocycles. The molecule has 1 aromatic heterocycles. The molecule has 0 radical (unpaired) electrons. The Morgan fingerprint density at radius 1 is 1.62 bits per heavy atom. The summed E-state index contributed by atoms with van der Waals surface area (Å²) in [6.45, 7) is 0.740. The highest BCUT2D eigenvalue weighted by atomic mass is 16.4. The molecule has 0 saturated heterocycles. The van der Waals surface area contributed by atoms with Gasteiger partial charge in [0.15, 0.2) is 0 Å². The Labute approximate surface area is 92.3 Å². The quantitative estimate of drug-likeness (QED) is 0.819. The minimum Gasteiger partial charge on any atom is -0.481 e. The summed E-state index contributed by atoms with van der Waals surface area (Å²) in [7, 11) is 0. The molecule has 1 N–H and O–H groups in total. The lowest BCUT2D eigenvalue weighted by atomic mass is 9.35. The van der Waals surface area contributed by atoms with Gasteiger partial charge in [0.1, 0.15) is 6.07 Å². The summed E-state index contributed by atoms with van der Waals surface area (Å²) < 4.78 is 1.75. The van der Waals surface area contributed by atoms with Gasteiger partial charge in [0.2, 0.25) is 0 Å². The first-order valence-corrected chi connectivity index (χ1v) is 5.24. The number of carboxylic acids is 1. The van der Waals surface area contributed by atoms with Crippen molar-refractivity contribution in [2.24, 2.45) is 10.8 Å². The summed E-state index contributed by atoms with van der Waals surface area (Å²) in [6.07, 6.45) is 5.54. The number of hydrogen-bond acceptors (Lipinski definition) is 3. The Morgan fingerprint density at radius 2 is 2.31 bits per heavy atom. The van der Waals surface area contributed by atoms with E-state index in [0.29, 0.717) is 5.56 Å². The Kier molecular flexibility index (Phi) is 1.55. The maximum Gasteiger partial charge on any atom is 0.309 e. The molecule has 5 nitrogen and oxygen atoms in total. The van der Waals surface area contributed by atoms with E-state index in [0.717, 1.165) is 25.8 Å². The highest BCUT2D eigenvalue weighted by molar-refractivity contribution is 5.79. The van der Waals surface area contributed by atoms with E-state index in [1.54, 1.807) is 17.1 Å². The zero-order valence-electron chi connectivity index (χ0n) is 8.68. The number of carbonyl (C=O) groups is 1. The smallest absolute Gasteiger partial charge is 0.309 e. The third-order valence-electron chi connectivity index (χ3n) is 3.85. The van der Waals surface area contributed by atoms with Crippen LogP contribution in [0.5, 0.6) is 0 Å². The van der Waals surface area contributed by atoms with Crippen LogP contribution in [-0.2, 0) is 11.3 Å². The van der Waals surface area contributed by atoms with Crippen LogP contribution in [0.25, 0.3) is 0 Å². The Bertz CT molecular complexity index is 492. The van der Waals surface area contributed by atoms with Gasteiger partial charge in [-0.1, -0.05) is 0 Å². The van der Waals surface area contributed by atoms with Gasteiger partial charge in [0.05, 0.1) is 17.2 Å². The molecule has 0 amide bonds. The van der Waals surface area contributed by atoms with Crippen LogP contribution < -0.4 is 0 Å². The molecule has 0 unspecified atom stereocenters. The predicted molar refractivity (Wildman–Crippen MR) is 53.3 cm³/mol. The first kappa shape index (κ1) is 9.40. The van der Waals surface area contributed by atoms with E-state index >= 15 is 0 Å². The first-order chi connectivity index (χ1) is 7.57. The fourth-order valence-electron chi connectivity index (χ4n) is 3.24. The SMILES string of the molecule is N#Cc1cnn(CC23CC(C(=O)O)(C2)C3)c1. The number of carboxylic acid groups (broad SMARTS) is 1. The van der Waals surface area contributed by atoms with Crippen molar-refractivity contribution in [3.8, 4) is 6.07 Å². The lowest BCUT2D eigenvalue weighted by molar-refractivity contribution is -0.228. The topological polar surface area (TPSA) is 78.9 Å². The van der Waals surface area contributed by atoms with Crippen molar-refractivity contribution in [1.29, 1.82) is 5.26 Å². The molecular formula is C11H11N3O2. The molecule has 2 bridgehead atoms. The van der Waals surface area contributed by atoms with Crippen LogP contribution >= 0.6 is 0 Å². The van der Waals surface area contributed by atoms with E-state index in [-0.39, 0.29) is 5.41 Å². The Hall–Kier alpha value is -1.83. The van der Waals surface area contributed by atoms with Gasteiger partial charge in [-0.2, -0.15) is 10.4 Å². The van der Waals surface area contributed by atoms with E-state index in [2.05, 4.69) is 5.10 Å². The van der Waals surface area contributed by atoms with Crippen LogP contribution in [0.3, 0.4) is 0 Å². The van der Waals surface area contributed by atoms with Gasteiger partial charge in [0.25, 0.3) is 0 Å². The molecule has 4 rings (SSSR count). The highest BCUT2D eigenvalue weighted by Gasteiger charge is 2.71. The largest absolute Gasteiger partial charge is 0.481 e. The maximum atomic E-state index is 10.9. The number of aliphatic carboxylic acids is 1. The summed E-state index contributed by atoms with van der Waals surface area (Å²) in [4.78, 5) is 10.9. The van der Waals surface area contributed by atoms with Crippen molar-refractivity contribution >= 4 is 5.97 Å². The van der Waals surface area contributed by atoms with Crippen LogP contribution in [0, 0.1) is 22.2 Å². The second kappa shape index (κ2) is 2.64. The number of nitrogens with zero attached hydrogens (tertiary/aromatic N) is 3. The molecule has 1 heterocycles. The monoisotopic (exact) mass is 217 g/mol. The average molecular weight is 217 g/mol. The van der Waals surface area contributed by atoms with Crippen molar-refractivity contribution < 1.29 is 9.90 Å². The van der Waals surface area contributed by atoms with Gasteiger partial charge >= 0.3 is 5.97 Å². The molecule has 3 aliphatic rings. The maximum absolute atomic E-state index is 10.9. The van der Waals surface area contributed by atoms with Gasteiger partial charge in [-0.3, -0.25) is 9.48 Å². The number of nitriles is 1. The summed E-state index contributed by atoms with van der Waals surface area (Å²) in [5.74, 6) is -0.660. The molecule has 5 heteroatoms. The zero-order chi connectivity index (χ0) is 11.4. The van der Waals surface area contributed by atoms with Crippen molar-refractivity contribution in [2.75, 3.05) is 0 Å². The molecule has 0 aliphatic heterocycles. The summed E-state index contributed by atoms with van der Waals surface area (Å²) >= 11 is 0. The fraction of sp³-hybridized carbons (Fsp3) is 0.545. The number of hydrogen-bond donors (Lipinski definition) is 1. The molecule has 82 valence electrons. The van der Waals surface area contributed by atoms with Crippen molar-refractivity contribution in [2.45, 2.75) is 25.8 Å². The van der Waals surface area contributed by atoms with Gasteiger partial charge < -0.3 is 5.11 Å². The number of rotatable bonds is 3. The Morgan fingerprint density at radius 3 is 2.81 bits per heavy atom. The molecule has 3 aliphatic carbocycles. The molecule has 1 aromatic rings. The van der Waals surface area contributed by atoms with Gasteiger partial charge in [-0.15, -0.1) is 0 Å². The van der Waals surface area contributed by atoms with Crippen LogP contribution in [0.4, 0.5) is 0 Å². The van der Waals surface area contributed by atoms with E-state index in [9.17, 15) is 4.79 Å². The third kappa shape index (κ3) is 1.04. The van der Waals surface area contributed by atoms with Gasteiger partial charge in [-0.05, 0) is 24.7 Å². The lowest BCUT2D eigenvalue weighted by Crippen LogP contribution is -2.66. The zero-order valence-corrected chi connectivity index (χ0v) is 8.68. The van der Waals surface area contributed by atoms with Crippen LogP contribution in [0.15, 0.2) is 12.4 Å². The molecule has 0 aromatic carbocycles. The molecule has 0 spiro atoms. The normalized spacial score (nSPS) is 34.7. The van der Waals surface area contributed by atoms with Crippen molar-refractivity contribution in [1.82, 2.24) is 9.78 Å². The second-order valence-electron chi connectivity index (χ2n) is 5.15. The second-order valence-corrected chi connectivity index (χ2v) is 5.15. The minimum absolute atomic E-state index is 0.136. The molecule has 16 heavy (non-hydrogen) atoms.